The van der Waals surface area contributed by atoms with Crippen LogP contribution in [0.2, 0.25) is 0 Å². The average molecular weight is 431 g/mol. The van der Waals surface area contributed by atoms with Gasteiger partial charge in [-0.15, -0.1) is 0 Å². The SMILES string of the molecule is Cc1ccc2nc(N(Cc3ccco3)C(=O)CN3C(=O)c4ccccc4C3=O)sc2c1. The second kappa shape index (κ2) is 7.48. The van der Waals surface area contributed by atoms with Crippen LogP contribution in [-0.2, 0) is 11.3 Å². The van der Waals surface area contributed by atoms with Gasteiger partial charge in [0, 0.05) is 0 Å². The Morgan fingerprint density at radius 1 is 1.06 bits per heavy atom. The van der Waals surface area contributed by atoms with E-state index in [1.165, 1.54) is 22.5 Å². The molecule has 154 valence electrons. The normalized spacial score (nSPS) is 13.1. The van der Waals surface area contributed by atoms with E-state index in [-0.39, 0.29) is 13.1 Å². The fraction of sp³-hybridized carbons (Fsp3) is 0.130. The van der Waals surface area contributed by atoms with Crippen LogP contribution in [0.1, 0.15) is 32.0 Å². The fourth-order valence-electron chi connectivity index (χ4n) is 3.56. The van der Waals surface area contributed by atoms with Crippen molar-refractivity contribution in [3.05, 3.63) is 83.3 Å². The van der Waals surface area contributed by atoms with Gasteiger partial charge in [-0.05, 0) is 48.9 Å². The van der Waals surface area contributed by atoms with Gasteiger partial charge in [-0.1, -0.05) is 29.5 Å². The fourth-order valence-corrected chi connectivity index (χ4v) is 4.64. The maximum absolute atomic E-state index is 13.3. The molecule has 0 fully saturated rings. The predicted molar refractivity (Wildman–Crippen MR) is 116 cm³/mol. The second-order valence-corrected chi connectivity index (χ2v) is 8.28. The van der Waals surface area contributed by atoms with Crippen LogP contribution < -0.4 is 4.90 Å². The Hall–Kier alpha value is -3.78. The lowest BCUT2D eigenvalue weighted by molar-refractivity contribution is -0.119. The summed E-state index contributed by atoms with van der Waals surface area (Å²) in [4.78, 5) is 45.8. The van der Waals surface area contributed by atoms with Crippen molar-refractivity contribution >= 4 is 44.4 Å². The summed E-state index contributed by atoms with van der Waals surface area (Å²) in [6.07, 6.45) is 1.53. The molecule has 2 aromatic heterocycles. The highest BCUT2D eigenvalue weighted by molar-refractivity contribution is 7.22. The summed E-state index contributed by atoms with van der Waals surface area (Å²) in [5, 5.41) is 0.485. The maximum atomic E-state index is 13.3. The first-order valence-electron chi connectivity index (χ1n) is 9.66. The predicted octanol–water partition coefficient (Wildman–Crippen LogP) is 4.03. The third-order valence-corrected chi connectivity index (χ3v) is 6.17. The Bertz CT molecular complexity index is 1290. The highest BCUT2D eigenvalue weighted by Gasteiger charge is 2.37. The van der Waals surface area contributed by atoms with E-state index >= 15 is 0 Å². The molecular formula is C23H17N3O4S. The van der Waals surface area contributed by atoms with Crippen LogP contribution in [0.25, 0.3) is 10.2 Å². The maximum Gasteiger partial charge on any atom is 0.262 e. The number of amides is 3. The average Bonchev–Trinajstić information content (AvgIpc) is 3.48. The Balaban J connectivity index is 1.47. The van der Waals surface area contributed by atoms with E-state index in [0.717, 1.165) is 20.7 Å². The smallest absolute Gasteiger partial charge is 0.262 e. The monoisotopic (exact) mass is 431 g/mol. The minimum atomic E-state index is -0.466. The molecule has 3 heterocycles. The number of rotatable bonds is 5. The Morgan fingerprint density at radius 3 is 2.48 bits per heavy atom. The van der Waals surface area contributed by atoms with Gasteiger partial charge in [0.25, 0.3) is 11.8 Å². The largest absolute Gasteiger partial charge is 0.467 e. The molecule has 8 heteroatoms. The summed E-state index contributed by atoms with van der Waals surface area (Å²) in [5.41, 5.74) is 2.50. The minimum Gasteiger partial charge on any atom is -0.467 e. The van der Waals surface area contributed by atoms with Crippen molar-refractivity contribution in [1.29, 1.82) is 0 Å². The molecule has 7 nitrogen and oxygen atoms in total. The van der Waals surface area contributed by atoms with E-state index < -0.39 is 17.7 Å². The standard InChI is InChI=1S/C23H17N3O4S/c1-14-8-9-18-19(11-14)31-23(24-18)25(12-15-5-4-10-30-15)20(27)13-26-21(28)16-6-2-3-7-17(16)22(26)29/h2-11H,12-13H2,1H3. The topological polar surface area (TPSA) is 83.7 Å². The number of aryl methyl sites for hydroxylation is 1. The number of aromatic nitrogens is 1. The van der Waals surface area contributed by atoms with Crippen molar-refractivity contribution in [1.82, 2.24) is 9.88 Å². The number of nitrogens with zero attached hydrogens (tertiary/aromatic N) is 3. The van der Waals surface area contributed by atoms with Gasteiger partial charge in [0.1, 0.15) is 12.3 Å². The van der Waals surface area contributed by atoms with Crippen molar-refractivity contribution in [2.24, 2.45) is 0 Å². The van der Waals surface area contributed by atoms with Crippen LogP contribution in [0.5, 0.6) is 0 Å². The van der Waals surface area contributed by atoms with Crippen LogP contribution in [0.4, 0.5) is 5.13 Å². The van der Waals surface area contributed by atoms with Crippen molar-refractivity contribution in [3.63, 3.8) is 0 Å². The van der Waals surface area contributed by atoms with E-state index in [4.69, 9.17) is 4.42 Å². The van der Waals surface area contributed by atoms with E-state index in [0.29, 0.717) is 22.0 Å². The Labute approximate surface area is 181 Å². The summed E-state index contributed by atoms with van der Waals surface area (Å²) in [6.45, 7) is 1.77. The highest BCUT2D eigenvalue weighted by Crippen LogP contribution is 2.31. The summed E-state index contributed by atoms with van der Waals surface area (Å²) in [6, 6.07) is 16.0. The number of imide groups is 1. The van der Waals surface area contributed by atoms with E-state index in [1.807, 2.05) is 25.1 Å². The summed E-state index contributed by atoms with van der Waals surface area (Å²) in [5.74, 6) is -0.772. The van der Waals surface area contributed by atoms with Crippen LogP contribution in [0, 0.1) is 6.92 Å². The molecular weight excluding hydrogens is 414 g/mol. The van der Waals surface area contributed by atoms with Gasteiger partial charge in [0.05, 0.1) is 34.2 Å². The first-order valence-corrected chi connectivity index (χ1v) is 10.5. The van der Waals surface area contributed by atoms with Gasteiger partial charge in [0.2, 0.25) is 5.91 Å². The zero-order chi connectivity index (χ0) is 21.5. The highest BCUT2D eigenvalue weighted by atomic mass is 32.1. The number of benzene rings is 2. The molecule has 0 radical (unpaired) electrons. The van der Waals surface area contributed by atoms with Crippen LogP contribution >= 0.6 is 11.3 Å². The first kappa shape index (κ1) is 19.2. The molecule has 0 N–H and O–H groups in total. The molecule has 0 unspecified atom stereocenters. The number of furan rings is 1. The Morgan fingerprint density at radius 2 is 1.81 bits per heavy atom. The minimum absolute atomic E-state index is 0.147. The number of hydrogen-bond donors (Lipinski definition) is 0. The van der Waals surface area contributed by atoms with Gasteiger partial charge >= 0.3 is 0 Å². The van der Waals surface area contributed by atoms with Gasteiger partial charge in [-0.3, -0.25) is 24.2 Å². The number of carbonyl (C=O) groups is 3. The van der Waals surface area contributed by atoms with E-state index in [2.05, 4.69) is 4.98 Å². The molecule has 31 heavy (non-hydrogen) atoms. The zero-order valence-electron chi connectivity index (χ0n) is 16.6. The van der Waals surface area contributed by atoms with Gasteiger partial charge in [0.15, 0.2) is 5.13 Å². The summed E-state index contributed by atoms with van der Waals surface area (Å²) >= 11 is 1.38. The van der Waals surface area contributed by atoms with Crippen LogP contribution in [0.3, 0.4) is 0 Å². The molecule has 0 saturated heterocycles. The number of hydrogen-bond acceptors (Lipinski definition) is 6. The van der Waals surface area contributed by atoms with Crippen molar-refractivity contribution in [3.8, 4) is 0 Å². The molecule has 4 aromatic rings. The summed E-state index contributed by atoms with van der Waals surface area (Å²) < 4.78 is 6.38. The molecule has 2 aromatic carbocycles. The van der Waals surface area contributed by atoms with Crippen molar-refractivity contribution in [2.75, 3.05) is 11.4 Å². The zero-order valence-corrected chi connectivity index (χ0v) is 17.4. The number of anilines is 1. The summed E-state index contributed by atoms with van der Waals surface area (Å²) in [7, 11) is 0. The molecule has 0 atom stereocenters. The first-order chi connectivity index (χ1) is 15.0. The van der Waals surface area contributed by atoms with E-state index in [1.54, 1.807) is 36.4 Å². The lowest BCUT2D eigenvalue weighted by Gasteiger charge is -2.21. The van der Waals surface area contributed by atoms with Crippen molar-refractivity contribution < 1.29 is 18.8 Å². The third-order valence-electron chi connectivity index (χ3n) is 5.13. The molecule has 3 amide bonds. The molecule has 5 rings (SSSR count). The third kappa shape index (κ3) is 3.40. The Kier molecular flexibility index (Phi) is 4.63. The second-order valence-electron chi connectivity index (χ2n) is 7.27. The van der Waals surface area contributed by atoms with E-state index in [9.17, 15) is 14.4 Å². The molecule has 1 aliphatic rings. The van der Waals surface area contributed by atoms with Crippen molar-refractivity contribution in [2.45, 2.75) is 13.5 Å². The van der Waals surface area contributed by atoms with Gasteiger partial charge < -0.3 is 4.42 Å². The van der Waals surface area contributed by atoms with Crippen LogP contribution in [-0.4, -0.2) is 34.2 Å². The lowest BCUT2D eigenvalue weighted by atomic mass is 10.1. The van der Waals surface area contributed by atoms with Crippen LogP contribution in [0.15, 0.2) is 65.3 Å². The molecule has 0 saturated carbocycles. The lowest BCUT2D eigenvalue weighted by Crippen LogP contribution is -2.42. The van der Waals surface area contributed by atoms with Gasteiger partial charge in [-0.25, -0.2) is 4.98 Å². The number of fused-ring (bicyclic) bond motifs is 2. The molecule has 0 aliphatic carbocycles. The molecule has 0 spiro atoms. The molecule has 1 aliphatic heterocycles. The molecule has 0 bridgehead atoms. The number of thiazole rings is 1. The number of carbonyl (C=O) groups excluding carboxylic acids is 3. The van der Waals surface area contributed by atoms with Gasteiger partial charge in [-0.2, -0.15) is 0 Å². The quantitative estimate of drug-likeness (QED) is 0.446.